The third-order valence-corrected chi connectivity index (χ3v) is 6.23. The Balaban J connectivity index is 0.00000481. The second-order valence-corrected chi connectivity index (χ2v) is 8.55. The Morgan fingerprint density at radius 2 is 0.919 bits per heavy atom. The molecule has 204 valence electrons. The van der Waals surface area contributed by atoms with Crippen LogP contribution in [-0.2, 0) is 0 Å². The highest BCUT2D eigenvalue weighted by Crippen LogP contribution is 2.36. The minimum atomic E-state index is -0.226. The summed E-state index contributed by atoms with van der Waals surface area (Å²) in [6.07, 6.45) is 0. The fourth-order valence-corrected chi connectivity index (χ4v) is 4.45. The molecule has 0 spiro atoms. The lowest BCUT2D eigenvalue weighted by atomic mass is 9.82. The molecule has 2 aromatic rings. The van der Waals surface area contributed by atoms with Gasteiger partial charge in [-0.3, -0.25) is 19.4 Å². The molecule has 2 aromatic carbocycles. The van der Waals surface area contributed by atoms with Gasteiger partial charge in [0.05, 0.1) is 37.6 Å². The number of fused-ring (bicyclic) bond motifs is 2. The lowest BCUT2D eigenvalue weighted by Crippen LogP contribution is -2.35. The molecule has 0 saturated heterocycles. The number of aliphatic hydroxyl groups excluding tert-OH is 4. The van der Waals surface area contributed by atoms with Crippen molar-refractivity contribution in [1.82, 2.24) is 9.80 Å². The van der Waals surface area contributed by atoms with E-state index in [1.165, 1.54) is 0 Å². The minimum absolute atomic E-state index is 0. The number of aliphatic hydroxyl groups is 4. The maximum absolute atomic E-state index is 13.5. The summed E-state index contributed by atoms with van der Waals surface area (Å²) in [6.45, 7) is 3.63. The topological polar surface area (TPSA) is 146 Å². The van der Waals surface area contributed by atoms with Crippen molar-refractivity contribution in [3.63, 3.8) is 0 Å². The van der Waals surface area contributed by atoms with Gasteiger partial charge in [-0.05, 0) is 12.1 Å². The number of ketones is 2. The highest BCUT2D eigenvalue weighted by Gasteiger charge is 2.33. The summed E-state index contributed by atoms with van der Waals surface area (Å²) in [5, 5.41) is 43.5. The first kappa shape index (κ1) is 30.7. The number of hydrogen-bond acceptors (Lipinski definition) is 10. The van der Waals surface area contributed by atoms with Crippen LogP contribution in [0.2, 0.25) is 0 Å². The Morgan fingerprint density at radius 1 is 0.568 bits per heavy atom. The zero-order valence-corrected chi connectivity index (χ0v) is 21.7. The monoisotopic (exact) mass is 536 g/mol. The predicted octanol–water partition coefficient (Wildman–Crippen LogP) is 0.281. The van der Waals surface area contributed by atoms with E-state index in [9.17, 15) is 30.0 Å². The maximum Gasteiger partial charge on any atom is 0.196 e. The molecule has 0 heterocycles. The number of rotatable bonds is 16. The van der Waals surface area contributed by atoms with Crippen LogP contribution in [0.3, 0.4) is 0 Å². The first-order valence-electron chi connectivity index (χ1n) is 12.3. The largest absolute Gasteiger partial charge is 0.395 e. The third kappa shape index (κ3) is 7.71. The van der Waals surface area contributed by atoms with Crippen molar-refractivity contribution in [2.45, 2.75) is 0 Å². The van der Waals surface area contributed by atoms with E-state index in [0.29, 0.717) is 86.0 Å². The standard InChI is InChI=1S/C26H36N4O6.ClH/c31-15-11-29(12-16-32)9-7-27-21-5-6-22(28-8-10-30(13-17-33)14-18-34)24-23(21)25(35)19-3-1-2-4-20(19)26(24)36;/h1-6,27-28,31-34H,7-18H2;1H. The molecule has 1 aliphatic carbocycles. The quantitative estimate of drug-likeness (QED) is 0.151. The summed E-state index contributed by atoms with van der Waals surface area (Å²) < 4.78 is 0. The van der Waals surface area contributed by atoms with Crippen molar-refractivity contribution in [3.8, 4) is 0 Å². The van der Waals surface area contributed by atoms with Gasteiger partial charge < -0.3 is 31.1 Å². The van der Waals surface area contributed by atoms with Crippen molar-refractivity contribution in [3.05, 3.63) is 58.7 Å². The van der Waals surface area contributed by atoms with E-state index in [1.807, 2.05) is 9.80 Å². The molecule has 0 radical (unpaired) electrons. The summed E-state index contributed by atoms with van der Waals surface area (Å²) in [6, 6.07) is 10.4. The van der Waals surface area contributed by atoms with E-state index in [1.54, 1.807) is 36.4 Å². The van der Waals surface area contributed by atoms with Gasteiger partial charge >= 0.3 is 0 Å². The van der Waals surface area contributed by atoms with Gasteiger partial charge in [0.2, 0.25) is 0 Å². The van der Waals surface area contributed by atoms with Crippen LogP contribution in [0.5, 0.6) is 0 Å². The van der Waals surface area contributed by atoms with Gasteiger partial charge in [0.15, 0.2) is 11.6 Å². The van der Waals surface area contributed by atoms with Crippen LogP contribution < -0.4 is 10.6 Å². The van der Waals surface area contributed by atoms with Crippen molar-refractivity contribution in [2.24, 2.45) is 0 Å². The number of carbonyl (C=O) groups is 2. The van der Waals surface area contributed by atoms with Crippen molar-refractivity contribution < 1.29 is 30.0 Å². The molecule has 0 aromatic heterocycles. The smallest absolute Gasteiger partial charge is 0.196 e. The highest BCUT2D eigenvalue weighted by atomic mass is 35.5. The van der Waals surface area contributed by atoms with Crippen LogP contribution in [0.15, 0.2) is 36.4 Å². The molecule has 0 fully saturated rings. The molecule has 1 aliphatic rings. The summed E-state index contributed by atoms with van der Waals surface area (Å²) >= 11 is 0. The fourth-order valence-electron chi connectivity index (χ4n) is 4.45. The number of carbonyl (C=O) groups excluding carboxylic acids is 2. The number of benzene rings is 2. The Hall–Kier alpha value is -2.57. The summed E-state index contributed by atoms with van der Waals surface area (Å²) in [4.78, 5) is 30.9. The van der Waals surface area contributed by atoms with Gasteiger partial charge in [-0.2, -0.15) is 0 Å². The Labute approximate surface area is 223 Å². The van der Waals surface area contributed by atoms with E-state index < -0.39 is 0 Å². The third-order valence-electron chi connectivity index (χ3n) is 6.23. The fraction of sp³-hybridized carbons (Fsp3) is 0.462. The van der Waals surface area contributed by atoms with E-state index in [-0.39, 0.29) is 50.4 Å². The minimum Gasteiger partial charge on any atom is -0.395 e. The van der Waals surface area contributed by atoms with Gasteiger partial charge in [-0.1, -0.05) is 24.3 Å². The maximum atomic E-state index is 13.5. The molecule has 0 unspecified atom stereocenters. The first-order chi connectivity index (χ1) is 17.5. The molecular weight excluding hydrogens is 500 g/mol. The van der Waals surface area contributed by atoms with Crippen LogP contribution in [0.4, 0.5) is 11.4 Å². The van der Waals surface area contributed by atoms with Gasteiger partial charge in [0.25, 0.3) is 0 Å². The van der Waals surface area contributed by atoms with Crippen LogP contribution in [0.1, 0.15) is 31.8 Å². The molecule has 0 atom stereocenters. The van der Waals surface area contributed by atoms with Crippen molar-refractivity contribution in [1.29, 1.82) is 0 Å². The zero-order valence-electron chi connectivity index (χ0n) is 20.9. The number of anilines is 2. The van der Waals surface area contributed by atoms with E-state index in [2.05, 4.69) is 10.6 Å². The highest BCUT2D eigenvalue weighted by molar-refractivity contribution is 6.31. The second-order valence-electron chi connectivity index (χ2n) is 8.55. The lowest BCUT2D eigenvalue weighted by molar-refractivity contribution is 0.0980. The first-order valence-corrected chi connectivity index (χ1v) is 12.3. The van der Waals surface area contributed by atoms with E-state index in [0.717, 1.165) is 0 Å². The van der Waals surface area contributed by atoms with Gasteiger partial charge in [-0.15, -0.1) is 12.4 Å². The molecule has 0 aliphatic heterocycles. The molecular formula is C26H37ClN4O6. The van der Waals surface area contributed by atoms with Gasteiger partial charge in [0, 0.05) is 74.9 Å². The zero-order chi connectivity index (χ0) is 25.9. The van der Waals surface area contributed by atoms with Crippen molar-refractivity contribution in [2.75, 3.05) is 89.4 Å². The number of hydrogen-bond donors (Lipinski definition) is 6. The van der Waals surface area contributed by atoms with E-state index in [4.69, 9.17) is 0 Å². The van der Waals surface area contributed by atoms with Crippen LogP contribution in [-0.4, -0.2) is 121 Å². The average molecular weight is 537 g/mol. The lowest BCUT2D eigenvalue weighted by Gasteiger charge is -2.26. The molecule has 11 heteroatoms. The summed E-state index contributed by atoms with van der Waals surface area (Å²) in [7, 11) is 0. The average Bonchev–Trinajstić information content (AvgIpc) is 2.88. The number of nitrogens with zero attached hydrogens (tertiary/aromatic N) is 2. The Bertz CT molecular complexity index is 946. The van der Waals surface area contributed by atoms with Crippen LogP contribution in [0, 0.1) is 0 Å². The molecule has 10 nitrogen and oxygen atoms in total. The number of nitrogens with one attached hydrogen (secondary N) is 2. The van der Waals surface area contributed by atoms with Crippen LogP contribution in [0.25, 0.3) is 0 Å². The van der Waals surface area contributed by atoms with E-state index >= 15 is 0 Å². The molecule has 37 heavy (non-hydrogen) atoms. The van der Waals surface area contributed by atoms with Crippen molar-refractivity contribution >= 4 is 35.3 Å². The summed E-state index contributed by atoms with van der Waals surface area (Å²) in [5.41, 5.74) is 2.49. The number of halogens is 1. The predicted molar refractivity (Wildman–Crippen MR) is 145 cm³/mol. The second kappa shape index (κ2) is 15.6. The molecule has 3 rings (SSSR count). The van der Waals surface area contributed by atoms with Gasteiger partial charge in [0.1, 0.15) is 0 Å². The Kier molecular flexibility index (Phi) is 12.9. The molecule has 0 amide bonds. The van der Waals surface area contributed by atoms with Crippen LogP contribution >= 0.6 is 12.4 Å². The molecule has 0 saturated carbocycles. The molecule has 6 N–H and O–H groups in total. The summed E-state index contributed by atoms with van der Waals surface area (Å²) in [5.74, 6) is -0.452. The Morgan fingerprint density at radius 3 is 1.24 bits per heavy atom. The van der Waals surface area contributed by atoms with Gasteiger partial charge in [-0.25, -0.2) is 0 Å². The molecule has 0 bridgehead atoms. The normalized spacial score (nSPS) is 12.4. The SMILES string of the molecule is Cl.O=C1c2ccccc2C(=O)c2c(NCCN(CCO)CCO)ccc(NCCN(CCO)CCO)c21.